The Hall–Kier alpha value is -3.28. The lowest BCUT2D eigenvalue weighted by atomic mass is 10.2. The summed E-state index contributed by atoms with van der Waals surface area (Å²) in [5.74, 6) is -0.335. The number of fused-ring (bicyclic) bond motifs is 1. The molecule has 0 unspecified atom stereocenters. The van der Waals surface area contributed by atoms with E-state index in [1.54, 1.807) is 49.4 Å². The Bertz CT molecular complexity index is 908. The summed E-state index contributed by atoms with van der Waals surface area (Å²) < 4.78 is 10.7. The van der Waals surface area contributed by atoms with E-state index in [0.717, 1.165) is 0 Å². The Morgan fingerprint density at radius 3 is 2.42 bits per heavy atom. The third kappa shape index (κ3) is 3.08. The largest absolute Gasteiger partial charge is 0.461 e. The summed E-state index contributed by atoms with van der Waals surface area (Å²) in [6.07, 6.45) is 0.674. The van der Waals surface area contributed by atoms with E-state index in [2.05, 4.69) is 9.97 Å². The number of benzene rings is 2. The maximum Gasteiger partial charge on any atom is 0.362 e. The number of rotatable bonds is 5. The minimum absolute atomic E-state index is 0.00134. The Labute approximate surface area is 138 Å². The summed E-state index contributed by atoms with van der Waals surface area (Å²) in [5.41, 5.74) is 1.44. The van der Waals surface area contributed by atoms with Gasteiger partial charge in [-0.15, -0.1) is 0 Å². The molecule has 0 saturated carbocycles. The van der Waals surface area contributed by atoms with Crippen LogP contribution in [0.4, 0.5) is 0 Å². The smallest absolute Gasteiger partial charge is 0.362 e. The van der Waals surface area contributed by atoms with E-state index >= 15 is 0 Å². The predicted octanol–water partition coefficient (Wildman–Crippen LogP) is 3.41. The van der Waals surface area contributed by atoms with Crippen molar-refractivity contribution in [3.05, 3.63) is 59.8 Å². The molecule has 1 aromatic heterocycles. The summed E-state index contributed by atoms with van der Waals surface area (Å²) >= 11 is 0. The van der Waals surface area contributed by atoms with Gasteiger partial charge in [-0.25, -0.2) is 14.8 Å². The fraction of sp³-hybridized carbons (Fsp3) is 0.111. The molecule has 6 heteroatoms. The second-order valence-corrected chi connectivity index (χ2v) is 4.84. The fourth-order valence-corrected chi connectivity index (χ4v) is 2.16. The van der Waals surface area contributed by atoms with Crippen molar-refractivity contribution in [2.45, 2.75) is 6.92 Å². The minimum atomic E-state index is -0.630. The lowest BCUT2D eigenvalue weighted by Gasteiger charge is -2.11. The van der Waals surface area contributed by atoms with Crippen LogP contribution in [-0.4, -0.2) is 28.8 Å². The molecule has 0 amide bonds. The Morgan fingerprint density at radius 2 is 1.71 bits per heavy atom. The topological polar surface area (TPSA) is 78.4 Å². The van der Waals surface area contributed by atoms with Crippen molar-refractivity contribution in [1.82, 2.24) is 9.97 Å². The van der Waals surface area contributed by atoms with Crippen LogP contribution in [-0.2, 0) is 4.74 Å². The molecule has 0 radical (unpaired) electrons. The molecule has 0 aliphatic heterocycles. The second kappa shape index (κ2) is 6.87. The maximum atomic E-state index is 12.2. The molecule has 3 aromatic rings. The third-order valence-electron chi connectivity index (χ3n) is 3.26. The van der Waals surface area contributed by atoms with Crippen molar-refractivity contribution in [2.24, 2.45) is 0 Å². The number of hydrogen-bond acceptors (Lipinski definition) is 6. The van der Waals surface area contributed by atoms with Crippen molar-refractivity contribution >= 4 is 23.3 Å². The number of hydrogen-bond donors (Lipinski definition) is 0. The summed E-state index contributed by atoms with van der Waals surface area (Å²) in [4.78, 5) is 32.0. The van der Waals surface area contributed by atoms with E-state index in [1.807, 2.05) is 6.07 Å². The van der Waals surface area contributed by atoms with Crippen LogP contribution in [0, 0.1) is 0 Å². The van der Waals surface area contributed by atoms with Gasteiger partial charge in [0.25, 0.3) is 5.88 Å². The molecule has 0 saturated heterocycles. The Balaban J connectivity index is 2.12. The summed E-state index contributed by atoms with van der Waals surface area (Å²) in [5, 5.41) is 0. The molecule has 6 nitrogen and oxygen atoms in total. The van der Waals surface area contributed by atoms with E-state index in [1.165, 1.54) is 0 Å². The summed E-state index contributed by atoms with van der Waals surface area (Å²) in [7, 11) is 0. The number of carbonyl (C=O) groups is 2. The van der Waals surface area contributed by atoms with Crippen molar-refractivity contribution in [3.63, 3.8) is 0 Å². The average molecular weight is 322 g/mol. The zero-order valence-electron chi connectivity index (χ0n) is 12.9. The van der Waals surface area contributed by atoms with Crippen molar-refractivity contribution in [1.29, 1.82) is 0 Å². The van der Waals surface area contributed by atoms with Crippen LogP contribution < -0.4 is 4.74 Å². The van der Waals surface area contributed by atoms with Gasteiger partial charge >= 0.3 is 5.97 Å². The van der Waals surface area contributed by atoms with Gasteiger partial charge in [-0.2, -0.15) is 0 Å². The molecule has 0 fully saturated rings. The molecule has 0 spiro atoms. The van der Waals surface area contributed by atoms with Crippen LogP contribution in [0.25, 0.3) is 11.0 Å². The first-order chi connectivity index (χ1) is 11.7. The normalized spacial score (nSPS) is 10.4. The van der Waals surface area contributed by atoms with Crippen molar-refractivity contribution in [3.8, 4) is 11.6 Å². The van der Waals surface area contributed by atoms with E-state index in [0.29, 0.717) is 28.6 Å². The molecule has 2 aromatic carbocycles. The van der Waals surface area contributed by atoms with Crippen LogP contribution in [0.2, 0.25) is 0 Å². The van der Waals surface area contributed by atoms with E-state index in [9.17, 15) is 9.59 Å². The molecule has 0 atom stereocenters. The highest BCUT2D eigenvalue weighted by molar-refractivity contribution is 5.92. The lowest BCUT2D eigenvalue weighted by Crippen LogP contribution is -2.11. The van der Waals surface area contributed by atoms with Gasteiger partial charge in [0.2, 0.25) is 5.69 Å². The molecule has 24 heavy (non-hydrogen) atoms. The number of aromatic nitrogens is 2. The number of aldehydes is 1. The van der Waals surface area contributed by atoms with Gasteiger partial charge in [-0.3, -0.25) is 4.79 Å². The Morgan fingerprint density at radius 1 is 1.04 bits per heavy atom. The number of ether oxygens (including phenoxy) is 2. The monoisotopic (exact) mass is 322 g/mol. The van der Waals surface area contributed by atoms with E-state index in [-0.39, 0.29) is 18.2 Å². The number of para-hydroxylation sites is 3. The molecule has 120 valence electrons. The predicted molar refractivity (Wildman–Crippen MR) is 87.4 cm³/mol. The molecular weight excluding hydrogens is 308 g/mol. The van der Waals surface area contributed by atoms with Gasteiger partial charge in [0.1, 0.15) is 5.75 Å². The minimum Gasteiger partial charge on any atom is -0.461 e. The molecule has 1 heterocycles. The zero-order chi connectivity index (χ0) is 16.9. The van der Waals surface area contributed by atoms with Crippen LogP contribution >= 0.6 is 0 Å². The molecule has 0 bridgehead atoms. The fourth-order valence-electron chi connectivity index (χ4n) is 2.16. The van der Waals surface area contributed by atoms with Crippen molar-refractivity contribution in [2.75, 3.05) is 6.61 Å². The molecule has 0 aliphatic rings. The molecular formula is C18H14N2O4. The highest BCUT2D eigenvalue weighted by atomic mass is 16.5. The zero-order valence-corrected chi connectivity index (χ0v) is 12.9. The SMILES string of the molecule is CCOC(=O)c1nc2ccccc2nc1Oc1ccccc1C=O. The first-order valence-electron chi connectivity index (χ1n) is 7.39. The quantitative estimate of drug-likeness (QED) is 0.529. The number of esters is 1. The van der Waals surface area contributed by atoms with Gasteiger partial charge in [0, 0.05) is 0 Å². The van der Waals surface area contributed by atoms with Crippen LogP contribution in [0.5, 0.6) is 11.6 Å². The molecule has 0 N–H and O–H groups in total. The van der Waals surface area contributed by atoms with Crippen LogP contribution in [0.3, 0.4) is 0 Å². The van der Waals surface area contributed by atoms with Crippen LogP contribution in [0.15, 0.2) is 48.5 Å². The average Bonchev–Trinajstić information content (AvgIpc) is 2.62. The van der Waals surface area contributed by atoms with E-state index < -0.39 is 5.97 Å². The van der Waals surface area contributed by atoms with Crippen molar-refractivity contribution < 1.29 is 19.1 Å². The van der Waals surface area contributed by atoms with Gasteiger partial charge in [-0.1, -0.05) is 24.3 Å². The highest BCUT2D eigenvalue weighted by Crippen LogP contribution is 2.27. The van der Waals surface area contributed by atoms with Crippen LogP contribution in [0.1, 0.15) is 27.8 Å². The lowest BCUT2D eigenvalue weighted by molar-refractivity contribution is 0.0516. The standard InChI is InChI=1S/C18H14N2O4/c1-2-23-18(22)16-17(20-14-9-5-4-8-13(14)19-16)24-15-10-6-3-7-12(15)11-21/h3-11H,2H2,1H3. The number of nitrogens with zero attached hydrogens (tertiary/aromatic N) is 2. The summed E-state index contributed by atoms with van der Waals surface area (Å²) in [6, 6.07) is 13.8. The first-order valence-corrected chi connectivity index (χ1v) is 7.39. The van der Waals surface area contributed by atoms with Gasteiger partial charge in [0.05, 0.1) is 23.2 Å². The molecule has 3 rings (SSSR count). The van der Waals surface area contributed by atoms with Gasteiger partial charge in [-0.05, 0) is 31.2 Å². The van der Waals surface area contributed by atoms with E-state index in [4.69, 9.17) is 9.47 Å². The maximum absolute atomic E-state index is 12.2. The third-order valence-corrected chi connectivity index (χ3v) is 3.26. The summed E-state index contributed by atoms with van der Waals surface area (Å²) in [6.45, 7) is 1.91. The first kappa shape index (κ1) is 15.6. The Kier molecular flexibility index (Phi) is 4.47. The second-order valence-electron chi connectivity index (χ2n) is 4.84. The van der Waals surface area contributed by atoms with Gasteiger partial charge in [0.15, 0.2) is 6.29 Å². The number of carbonyl (C=O) groups excluding carboxylic acids is 2. The van der Waals surface area contributed by atoms with Gasteiger partial charge < -0.3 is 9.47 Å². The molecule has 0 aliphatic carbocycles. The highest BCUT2D eigenvalue weighted by Gasteiger charge is 2.20.